The molecule has 0 spiro atoms. The number of nitrogens with zero attached hydrogens (tertiary/aromatic N) is 4. The molecule has 7 nitrogen and oxygen atoms in total. The minimum absolute atomic E-state index is 0.0525. The van der Waals surface area contributed by atoms with Gasteiger partial charge in [0.15, 0.2) is 17.4 Å². The molecular weight excluding hydrogens is 516 g/mol. The van der Waals surface area contributed by atoms with Crippen molar-refractivity contribution in [2.45, 2.75) is 31.7 Å². The third-order valence-electron chi connectivity index (χ3n) is 5.65. The van der Waals surface area contributed by atoms with Crippen LogP contribution in [0.3, 0.4) is 0 Å². The van der Waals surface area contributed by atoms with Gasteiger partial charge in [0.25, 0.3) is 0 Å². The number of pyridine rings is 1. The van der Waals surface area contributed by atoms with E-state index in [9.17, 15) is 35.9 Å². The standard InChI is InChI=1S/C22H16ClF6N5O2/c23-12-8-31-2-1-10(12)19-17-9-33(3-4-34(17)21(32-19)22(27,28)29)18(35)7-16(30)20(36)11-5-14(25)15(26)6-13(11)24/h1-2,5-6,8,16H,3-4,7,9,30H2/t16-/m1/s1. The Morgan fingerprint density at radius 2 is 1.81 bits per heavy atom. The van der Waals surface area contributed by atoms with Crippen LogP contribution in [0.2, 0.25) is 5.02 Å². The summed E-state index contributed by atoms with van der Waals surface area (Å²) in [6.45, 7) is -0.724. The molecule has 0 aliphatic carbocycles. The molecule has 3 heterocycles. The second kappa shape index (κ2) is 9.54. The van der Waals surface area contributed by atoms with Crippen molar-refractivity contribution in [3.63, 3.8) is 0 Å². The number of nitrogens with two attached hydrogens (primary N) is 1. The molecule has 1 amide bonds. The van der Waals surface area contributed by atoms with E-state index in [1.54, 1.807) is 0 Å². The number of Topliss-reactive ketones (excluding diaryl/α,β-unsaturated/α-hetero) is 1. The van der Waals surface area contributed by atoms with Gasteiger partial charge in [-0.15, -0.1) is 0 Å². The van der Waals surface area contributed by atoms with E-state index in [2.05, 4.69) is 9.97 Å². The average Bonchev–Trinajstić information content (AvgIpc) is 3.20. The molecule has 0 saturated heterocycles. The number of halogens is 7. The fourth-order valence-electron chi connectivity index (χ4n) is 3.90. The number of imidazole rings is 1. The predicted octanol–water partition coefficient (Wildman–Crippen LogP) is 3.98. The molecule has 2 aromatic heterocycles. The van der Waals surface area contributed by atoms with E-state index in [-0.39, 0.29) is 47.7 Å². The lowest BCUT2D eigenvalue weighted by atomic mass is 10.0. The third kappa shape index (κ3) is 4.80. The van der Waals surface area contributed by atoms with Crippen LogP contribution < -0.4 is 5.73 Å². The van der Waals surface area contributed by atoms with E-state index >= 15 is 0 Å². The first kappa shape index (κ1) is 25.6. The molecule has 0 radical (unpaired) electrons. The number of carbonyl (C=O) groups excluding carboxylic acids is 2. The van der Waals surface area contributed by atoms with Gasteiger partial charge in [-0.25, -0.2) is 18.2 Å². The maximum atomic E-state index is 13.9. The maximum Gasteiger partial charge on any atom is 0.449 e. The zero-order valence-corrected chi connectivity index (χ0v) is 18.9. The van der Waals surface area contributed by atoms with Crippen LogP contribution in [0, 0.1) is 17.5 Å². The topological polar surface area (TPSA) is 94.1 Å². The molecule has 36 heavy (non-hydrogen) atoms. The van der Waals surface area contributed by atoms with E-state index in [4.69, 9.17) is 17.3 Å². The van der Waals surface area contributed by atoms with Gasteiger partial charge in [0.05, 0.1) is 34.6 Å². The van der Waals surface area contributed by atoms with Gasteiger partial charge in [0.2, 0.25) is 11.7 Å². The highest BCUT2D eigenvalue weighted by molar-refractivity contribution is 6.33. The number of hydrogen-bond donors (Lipinski definition) is 1. The van der Waals surface area contributed by atoms with E-state index in [1.165, 1.54) is 23.4 Å². The van der Waals surface area contributed by atoms with Crippen molar-refractivity contribution in [2.24, 2.45) is 5.73 Å². The molecule has 3 aromatic rings. The van der Waals surface area contributed by atoms with Crippen molar-refractivity contribution in [3.05, 3.63) is 70.1 Å². The van der Waals surface area contributed by atoms with E-state index in [0.29, 0.717) is 6.07 Å². The second-order valence-electron chi connectivity index (χ2n) is 7.97. The van der Waals surface area contributed by atoms with Gasteiger partial charge in [-0.05, 0) is 12.1 Å². The quantitative estimate of drug-likeness (QED) is 0.305. The first-order valence-electron chi connectivity index (χ1n) is 10.4. The molecule has 190 valence electrons. The highest BCUT2D eigenvalue weighted by Crippen LogP contribution is 2.37. The Kier molecular flexibility index (Phi) is 6.80. The molecule has 1 atom stereocenters. The van der Waals surface area contributed by atoms with Crippen LogP contribution >= 0.6 is 11.6 Å². The van der Waals surface area contributed by atoms with Gasteiger partial charge in [-0.2, -0.15) is 13.2 Å². The molecule has 2 N–H and O–H groups in total. The van der Waals surface area contributed by atoms with Gasteiger partial charge in [0, 0.05) is 43.5 Å². The fourth-order valence-corrected chi connectivity index (χ4v) is 4.11. The Hall–Kier alpha value is -3.45. The van der Waals surface area contributed by atoms with Crippen molar-refractivity contribution < 1.29 is 35.9 Å². The number of carbonyl (C=O) groups is 2. The summed E-state index contributed by atoms with van der Waals surface area (Å²) in [6, 6.07) is 0.313. The van der Waals surface area contributed by atoms with Crippen molar-refractivity contribution in [3.8, 4) is 11.3 Å². The monoisotopic (exact) mass is 531 g/mol. The van der Waals surface area contributed by atoms with Crippen LogP contribution in [0.4, 0.5) is 26.3 Å². The summed E-state index contributed by atoms with van der Waals surface area (Å²) in [6.07, 6.45) is -2.86. The Labute approximate surface area is 204 Å². The molecule has 14 heteroatoms. The van der Waals surface area contributed by atoms with Crippen molar-refractivity contribution in [2.75, 3.05) is 6.54 Å². The SMILES string of the molecule is N[C@H](CC(=O)N1CCn2c(C(F)(F)F)nc(-c3ccncc3Cl)c2C1)C(=O)c1cc(F)c(F)cc1F. The summed E-state index contributed by atoms with van der Waals surface area (Å²) < 4.78 is 82.4. The van der Waals surface area contributed by atoms with E-state index in [0.717, 1.165) is 4.57 Å². The predicted molar refractivity (Wildman–Crippen MR) is 114 cm³/mol. The second-order valence-corrected chi connectivity index (χ2v) is 8.38. The van der Waals surface area contributed by atoms with Crippen molar-refractivity contribution >= 4 is 23.3 Å². The zero-order chi connectivity index (χ0) is 26.4. The molecular formula is C22H16ClF6N5O2. The molecule has 4 rings (SSSR count). The molecule has 0 saturated carbocycles. The number of hydrogen-bond acceptors (Lipinski definition) is 5. The lowest BCUT2D eigenvalue weighted by molar-refractivity contribution is -0.148. The smallest absolute Gasteiger partial charge is 0.335 e. The Morgan fingerprint density at radius 3 is 2.47 bits per heavy atom. The van der Waals surface area contributed by atoms with Crippen LogP contribution in [0.1, 0.15) is 28.3 Å². The maximum absolute atomic E-state index is 13.9. The largest absolute Gasteiger partial charge is 0.449 e. The Morgan fingerprint density at radius 1 is 1.11 bits per heavy atom. The molecule has 1 aliphatic rings. The van der Waals surface area contributed by atoms with Crippen LogP contribution in [-0.2, 0) is 24.1 Å². The summed E-state index contributed by atoms with van der Waals surface area (Å²) in [5.74, 6) is -7.32. The summed E-state index contributed by atoms with van der Waals surface area (Å²) >= 11 is 6.11. The average molecular weight is 532 g/mol. The lowest BCUT2D eigenvalue weighted by Crippen LogP contribution is -2.43. The lowest BCUT2D eigenvalue weighted by Gasteiger charge is -2.30. The first-order valence-corrected chi connectivity index (χ1v) is 10.7. The summed E-state index contributed by atoms with van der Waals surface area (Å²) in [4.78, 5) is 34.0. The van der Waals surface area contributed by atoms with Crippen molar-refractivity contribution in [1.82, 2.24) is 19.4 Å². The third-order valence-corrected chi connectivity index (χ3v) is 5.95. The van der Waals surface area contributed by atoms with Crippen LogP contribution in [-0.4, -0.2) is 43.7 Å². The summed E-state index contributed by atoms with van der Waals surface area (Å²) in [7, 11) is 0. The van der Waals surface area contributed by atoms with Gasteiger partial charge in [0.1, 0.15) is 5.82 Å². The summed E-state index contributed by atoms with van der Waals surface area (Å²) in [5.41, 5.74) is 5.07. The van der Waals surface area contributed by atoms with Crippen LogP contribution in [0.25, 0.3) is 11.3 Å². The molecule has 1 aliphatic heterocycles. The Bertz CT molecular complexity index is 1360. The van der Waals surface area contributed by atoms with Crippen LogP contribution in [0.5, 0.6) is 0 Å². The Balaban J connectivity index is 1.59. The number of alkyl halides is 3. The number of fused-ring (bicyclic) bond motifs is 1. The highest BCUT2D eigenvalue weighted by Gasteiger charge is 2.41. The normalized spacial score (nSPS) is 14.5. The van der Waals surface area contributed by atoms with Crippen molar-refractivity contribution in [1.29, 1.82) is 0 Å². The number of ketones is 1. The minimum atomic E-state index is -4.78. The van der Waals surface area contributed by atoms with Crippen LogP contribution in [0.15, 0.2) is 30.6 Å². The molecule has 0 unspecified atom stereocenters. The van der Waals surface area contributed by atoms with E-state index < -0.39 is 59.2 Å². The molecule has 1 aromatic carbocycles. The highest BCUT2D eigenvalue weighted by atomic mass is 35.5. The van der Waals surface area contributed by atoms with Gasteiger partial charge in [-0.3, -0.25) is 14.6 Å². The van der Waals surface area contributed by atoms with E-state index in [1.807, 2.05) is 0 Å². The van der Waals surface area contributed by atoms with Gasteiger partial charge >= 0.3 is 6.18 Å². The minimum Gasteiger partial charge on any atom is -0.335 e. The zero-order valence-electron chi connectivity index (χ0n) is 18.1. The van der Waals surface area contributed by atoms with Gasteiger partial charge < -0.3 is 15.2 Å². The number of benzene rings is 1. The number of aromatic nitrogens is 3. The van der Waals surface area contributed by atoms with Gasteiger partial charge in [-0.1, -0.05) is 11.6 Å². The molecule has 0 fully saturated rings. The number of rotatable bonds is 5. The number of amides is 1. The fraction of sp³-hybridized carbons (Fsp3) is 0.273. The molecule has 0 bridgehead atoms. The summed E-state index contributed by atoms with van der Waals surface area (Å²) in [5, 5.41) is 0.0525. The first-order chi connectivity index (χ1) is 16.9.